The Balaban J connectivity index is 2.57. The van der Waals surface area contributed by atoms with E-state index in [-0.39, 0.29) is 30.4 Å². The van der Waals surface area contributed by atoms with Gasteiger partial charge in [0.2, 0.25) is 11.7 Å². The van der Waals surface area contributed by atoms with Crippen LogP contribution in [0.2, 0.25) is 0 Å². The van der Waals surface area contributed by atoms with Crippen molar-refractivity contribution in [3.8, 4) is 0 Å². The number of hydrogen-bond acceptors (Lipinski definition) is 7. The van der Waals surface area contributed by atoms with Gasteiger partial charge in [-0.1, -0.05) is 13.8 Å². The molecular weight excluding hydrogens is 276 g/mol. The molecule has 21 heavy (non-hydrogen) atoms. The highest BCUT2D eigenvalue weighted by atomic mass is 16.6. The molecule has 1 aromatic rings. The number of nitrogen functional groups attached to an aromatic ring is 1. The number of anilines is 2. The molecule has 0 aliphatic rings. The van der Waals surface area contributed by atoms with E-state index in [1.165, 1.54) is 12.1 Å². The number of nitro groups is 1. The fourth-order valence-corrected chi connectivity index (χ4v) is 1.51. The van der Waals surface area contributed by atoms with Crippen molar-refractivity contribution in [3.05, 3.63) is 22.2 Å². The highest BCUT2D eigenvalue weighted by Gasteiger charge is 2.15. The average Bonchev–Trinajstić information content (AvgIpc) is 2.44. The van der Waals surface area contributed by atoms with Gasteiger partial charge in [-0.25, -0.2) is 10.8 Å². The van der Waals surface area contributed by atoms with Gasteiger partial charge in [-0.15, -0.1) is 0 Å². The second-order valence-electron chi connectivity index (χ2n) is 4.84. The third kappa shape index (κ3) is 5.61. The Morgan fingerprint density at radius 1 is 1.48 bits per heavy atom. The van der Waals surface area contributed by atoms with Gasteiger partial charge in [0.25, 0.3) is 0 Å². The van der Waals surface area contributed by atoms with Crippen LogP contribution in [0, 0.1) is 16.0 Å². The lowest BCUT2D eigenvalue weighted by atomic mass is 10.2. The van der Waals surface area contributed by atoms with Crippen molar-refractivity contribution in [1.29, 1.82) is 0 Å². The molecule has 0 saturated carbocycles. The van der Waals surface area contributed by atoms with Crippen molar-refractivity contribution >= 4 is 23.2 Å². The monoisotopic (exact) mass is 296 g/mol. The summed E-state index contributed by atoms with van der Waals surface area (Å²) in [5.74, 6) is 5.84. The molecule has 1 rings (SSSR count). The maximum Gasteiger partial charge on any atom is 0.311 e. The molecule has 9 heteroatoms. The molecule has 0 aliphatic carbocycles. The fraction of sp³-hybridized carbons (Fsp3) is 0.500. The summed E-state index contributed by atoms with van der Waals surface area (Å²) in [6, 6.07) is 2.70. The molecule has 1 aromatic heterocycles. The molecule has 0 atom stereocenters. The zero-order valence-electron chi connectivity index (χ0n) is 12.0. The van der Waals surface area contributed by atoms with Gasteiger partial charge in [0.15, 0.2) is 0 Å². The van der Waals surface area contributed by atoms with Gasteiger partial charge < -0.3 is 16.1 Å². The third-order valence-corrected chi connectivity index (χ3v) is 2.57. The van der Waals surface area contributed by atoms with Gasteiger partial charge in [0.1, 0.15) is 5.82 Å². The van der Waals surface area contributed by atoms with Crippen LogP contribution in [0.3, 0.4) is 0 Å². The van der Waals surface area contributed by atoms with Crippen molar-refractivity contribution in [3.63, 3.8) is 0 Å². The Labute approximate surface area is 122 Å². The van der Waals surface area contributed by atoms with Gasteiger partial charge in [-0.05, 0) is 12.0 Å². The third-order valence-electron chi connectivity index (χ3n) is 2.57. The highest BCUT2D eigenvalue weighted by molar-refractivity contribution is 5.76. The van der Waals surface area contributed by atoms with Gasteiger partial charge >= 0.3 is 5.69 Å². The molecule has 0 unspecified atom stereocenters. The minimum absolute atomic E-state index is 0.0760. The molecule has 0 fully saturated rings. The summed E-state index contributed by atoms with van der Waals surface area (Å²) in [5, 5.41) is 16.4. The number of amides is 1. The second-order valence-corrected chi connectivity index (χ2v) is 4.84. The van der Waals surface area contributed by atoms with Crippen molar-refractivity contribution in [1.82, 2.24) is 10.3 Å². The Bertz CT molecular complexity index is 506. The summed E-state index contributed by atoms with van der Waals surface area (Å²) in [6.45, 7) is 4.84. The summed E-state index contributed by atoms with van der Waals surface area (Å²) in [5.41, 5.74) is 2.14. The van der Waals surface area contributed by atoms with Crippen LogP contribution >= 0.6 is 0 Å². The Morgan fingerprint density at radius 2 is 2.19 bits per heavy atom. The van der Waals surface area contributed by atoms with Crippen LogP contribution < -0.4 is 21.9 Å². The molecule has 116 valence electrons. The van der Waals surface area contributed by atoms with E-state index < -0.39 is 4.92 Å². The number of carbonyl (C=O) groups excluding carboxylic acids is 1. The van der Waals surface area contributed by atoms with Crippen molar-refractivity contribution in [2.75, 3.05) is 23.8 Å². The summed E-state index contributed by atoms with van der Waals surface area (Å²) in [4.78, 5) is 25.8. The van der Waals surface area contributed by atoms with E-state index in [9.17, 15) is 14.9 Å². The molecule has 5 N–H and O–H groups in total. The number of pyridine rings is 1. The lowest BCUT2D eigenvalue weighted by molar-refractivity contribution is -0.384. The molecule has 0 aliphatic heterocycles. The quantitative estimate of drug-likeness (QED) is 0.317. The lowest BCUT2D eigenvalue weighted by Gasteiger charge is -2.09. The average molecular weight is 296 g/mol. The normalized spacial score (nSPS) is 10.3. The summed E-state index contributed by atoms with van der Waals surface area (Å²) >= 11 is 0. The number of nitrogens with one attached hydrogen (secondary N) is 3. The number of rotatable bonds is 8. The van der Waals surface area contributed by atoms with Crippen LogP contribution in [-0.4, -0.2) is 28.9 Å². The smallest absolute Gasteiger partial charge is 0.311 e. The maximum absolute atomic E-state index is 11.5. The van der Waals surface area contributed by atoms with E-state index in [1.807, 2.05) is 13.8 Å². The molecule has 0 saturated heterocycles. The number of carbonyl (C=O) groups is 1. The highest BCUT2D eigenvalue weighted by Crippen LogP contribution is 2.23. The topological polar surface area (TPSA) is 135 Å². The first kappa shape index (κ1) is 16.6. The van der Waals surface area contributed by atoms with Crippen molar-refractivity contribution < 1.29 is 9.72 Å². The van der Waals surface area contributed by atoms with Crippen LogP contribution in [-0.2, 0) is 4.79 Å². The minimum Gasteiger partial charge on any atom is -0.364 e. The largest absolute Gasteiger partial charge is 0.364 e. The number of aromatic nitrogens is 1. The van der Waals surface area contributed by atoms with Gasteiger partial charge in [0, 0.05) is 25.6 Å². The first-order chi connectivity index (χ1) is 9.93. The summed E-state index contributed by atoms with van der Waals surface area (Å²) in [7, 11) is 0. The number of nitrogens with two attached hydrogens (primary N) is 1. The SMILES string of the molecule is CC(C)CNC(=O)CCNc1nc(NN)ccc1[N+](=O)[O-]. The first-order valence-electron chi connectivity index (χ1n) is 6.56. The summed E-state index contributed by atoms with van der Waals surface area (Å²) < 4.78 is 0. The number of hydrogen-bond donors (Lipinski definition) is 4. The molecule has 0 radical (unpaired) electrons. The second kappa shape index (κ2) is 8.00. The van der Waals surface area contributed by atoms with Gasteiger partial charge in [-0.3, -0.25) is 14.9 Å². The van der Waals surface area contributed by atoms with Crippen LogP contribution in [0.25, 0.3) is 0 Å². The van der Waals surface area contributed by atoms with Crippen LogP contribution in [0.15, 0.2) is 12.1 Å². The van der Waals surface area contributed by atoms with E-state index in [4.69, 9.17) is 5.84 Å². The minimum atomic E-state index is -0.547. The molecule has 0 aromatic carbocycles. The zero-order chi connectivity index (χ0) is 15.8. The molecule has 1 heterocycles. The molecular formula is C12H20N6O3. The Morgan fingerprint density at radius 3 is 2.76 bits per heavy atom. The number of hydrazine groups is 1. The van der Waals surface area contributed by atoms with E-state index in [0.717, 1.165) is 0 Å². The maximum atomic E-state index is 11.5. The van der Waals surface area contributed by atoms with Crippen molar-refractivity contribution in [2.24, 2.45) is 11.8 Å². The van der Waals surface area contributed by atoms with Gasteiger partial charge in [0.05, 0.1) is 4.92 Å². The predicted octanol–water partition coefficient (Wildman–Crippen LogP) is 0.850. The predicted molar refractivity (Wildman–Crippen MR) is 79.7 cm³/mol. The molecule has 0 bridgehead atoms. The molecule has 0 spiro atoms. The molecule has 9 nitrogen and oxygen atoms in total. The van der Waals surface area contributed by atoms with Gasteiger partial charge in [-0.2, -0.15) is 0 Å². The van der Waals surface area contributed by atoms with E-state index in [2.05, 4.69) is 21.0 Å². The van der Waals surface area contributed by atoms with E-state index in [1.54, 1.807) is 0 Å². The standard InChI is InChI=1S/C12H20N6O3/c1-8(2)7-15-11(19)5-6-14-12-9(18(20)21)3-4-10(16-12)17-13/h3-4,8H,5-7,13H2,1-2H3,(H,15,19)(H2,14,16,17). The fourth-order valence-electron chi connectivity index (χ4n) is 1.51. The van der Waals surface area contributed by atoms with Crippen LogP contribution in [0.1, 0.15) is 20.3 Å². The van der Waals surface area contributed by atoms with E-state index in [0.29, 0.717) is 18.3 Å². The van der Waals surface area contributed by atoms with E-state index >= 15 is 0 Å². The lowest BCUT2D eigenvalue weighted by Crippen LogP contribution is -2.28. The Kier molecular flexibility index (Phi) is 6.34. The van der Waals surface area contributed by atoms with Crippen LogP contribution in [0.4, 0.5) is 17.3 Å². The number of nitrogens with zero attached hydrogens (tertiary/aromatic N) is 2. The van der Waals surface area contributed by atoms with Crippen LogP contribution in [0.5, 0.6) is 0 Å². The summed E-state index contributed by atoms with van der Waals surface area (Å²) in [6.07, 6.45) is 0.200. The van der Waals surface area contributed by atoms with Crippen molar-refractivity contribution in [2.45, 2.75) is 20.3 Å². The first-order valence-corrected chi connectivity index (χ1v) is 6.56. The zero-order valence-corrected chi connectivity index (χ0v) is 12.0. The molecule has 1 amide bonds. The Hall–Kier alpha value is -2.42.